The van der Waals surface area contributed by atoms with E-state index >= 15 is 0 Å². The van der Waals surface area contributed by atoms with Gasteiger partial charge in [-0.25, -0.2) is 0 Å². The van der Waals surface area contributed by atoms with Crippen LogP contribution in [0.25, 0.3) is 0 Å². The molecule has 0 bridgehead atoms. The molecule has 4 nitrogen and oxygen atoms in total. The summed E-state index contributed by atoms with van der Waals surface area (Å²) in [6, 6.07) is 15.4. The average Bonchev–Trinajstić information content (AvgIpc) is 2.83. The number of ether oxygens (including phenoxy) is 1. The third kappa shape index (κ3) is 6.98. The number of alkyl halides is 3. The number of carbonyl (C=O) groups excluding carboxylic acids is 1. The molecule has 1 aliphatic heterocycles. The molecule has 1 saturated heterocycles. The van der Waals surface area contributed by atoms with Crippen LogP contribution in [0.15, 0.2) is 54.6 Å². The third-order valence-electron chi connectivity index (χ3n) is 6.83. The Kier molecular flexibility index (Phi) is 8.14. The first-order valence-electron chi connectivity index (χ1n) is 12.2. The Hall–Kier alpha value is -2.54. The van der Waals surface area contributed by atoms with Gasteiger partial charge in [-0.1, -0.05) is 55.7 Å². The molecule has 0 aromatic heterocycles. The molecule has 7 heteroatoms. The molecule has 4 rings (SSSR count). The number of nitrogens with one attached hydrogen (secondary N) is 1. The van der Waals surface area contributed by atoms with Crippen molar-refractivity contribution in [3.8, 4) is 5.75 Å². The topological polar surface area (TPSA) is 41.6 Å². The van der Waals surface area contributed by atoms with Gasteiger partial charge in [-0.05, 0) is 43.0 Å². The van der Waals surface area contributed by atoms with Crippen molar-refractivity contribution in [1.82, 2.24) is 10.2 Å². The molecule has 2 aliphatic rings. The molecular formula is C27H33F3N2O2. The molecule has 1 saturated carbocycles. The first kappa shape index (κ1) is 24.6. The first-order valence-corrected chi connectivity index (χ1v) is 12.2. The van der Waals surface area contributed by atoms with Gasteiger partial charge in [0.1, 0.15) is 5.75 Å². The number of benzene rings is 2. The molecule has 1 amide bonds. The second-order valence-corrected chi connectivity index (χ2v) is 9.66. The zero-order chi connectivity index (χ0) is 24.0. The van der Waals surface area contributed by atoms with E-state index in [9.17, 15) is 18.0 Å². The van der Waals surface area contributed by atoms with E-state index in [-0.39, 0.29) is 36.1 Å². The summed E-state index contributed by atoms with van der Waals surface area (Å²) >= 11 is 0. The quantitative estimate of drug-likeness (QED) is 0.562. The van der Waals surface area contributed by atoms with E-state index in [1.807, 2.05) is 18.2 Å². The number of nitrogens with zero attached hydrogens (tertiary/aromatic N) is 1. The number of rotatable bonds is 7. The van der Waals surface area contributed by atoms with Crippen molar-refractivity contribution >= 4 is 5.91 Å². The molecule has 2 aromatic carbocycles. The Bertz CT molecular complexity index is 929. The van der Waals surface area contributed by atoms with E-state index in [0.717, 1.165) is 50.9 Å². The number of likely N-dealkylation sites (tertiary alicyclic amines) is 1. The molecular weight excluding hydrogens is 441 g/mol. The highest BCUT2D eigenvalue weighted by Gasteiger charge is 2.34. The normalized spacial score (nSPS) is 22.3. The highest BCUT2D eigenvalue weighted by atomic mass is 19.4. The van der Waals surface area contributed by atoms with Gasteiger partial charge in [0.15, 0.2) is 0 Å². The van der Waals surface area contributed by atoms with Crippen LogP contribution in [0.3, 0.4) is 0 Å². The van der Waals surface area contributed by atoms with Crippen LogP contribution in [0.5, 0.6) is 5.75 Å². The maximum atomic E-state index is 13.1. The Labute approximate surface area is 199 Å². The lowest BCUT2D eigenvalue weighted by Gasteiger charge is -2.38. The summed E-state index contributed by atoms with van der Waals surface area (Å²) in [6.45, 7) is 2.42. The Morgan fingerprint density at radius 1 is 1.00 bits per heavy atom. The Morgan fingerprint density at radius 3 is 2.50 bits per heavy atom. The van der Waals surface area contributed by atoms with E-state index in [1.165, 1.54) is 18.1 Å². The highest BCUT2D eigenvalue weighted by Crippen LogP contribution is 2.32. The number of hydrogen-bond donors (Lipinski definition) is 1. The summed E-state index contributed by atoms with van der Waals surface area (Å²) < 4.78 is 44.9. The van der Waals surface area contributed by atoms with Crippen molar-refractivity contribution in [1.29, 1.82) is 0 Å². The third-order valence-corrected chi connectivity index (χ3v) is 6.83. The van der Waals surface area contributed by atoms with Crippen LogP contribution in [0, 0.1) is 11.8 Å². The van der Waals surface area contributed by atoms with E-state index in [4.69, 9.17) is 4.74 Å². The van der Waals surface area contributed by atoms with Crippen molar-refractivity contribution in [2.45, 2.75) is 57.3 Å². The lowest BCUT2D eigenvalue weighted by molar-refractivity contribution is -0.137. The second kappa shape index (κ2) is 11.3. The van der Waals surface area contributed by atoms with Gasteiger partial charge in [0.25, 0.3) is 0 Å². The van der Waals surface area contributed by atoms with Gasteiger partial charge in [-0.15, -0.1) is 0 Å². The number of hydrogen-bond acceptors (Lipinski definition) is 3. The number of piperidine rings is 1. The van der Waals surface area contributed by atoms with Crippen molar-refractivity contribution in [3.63, 3.8) is 0 Å². The van der Waals surface area contributed by atoms with E-state index in [0.29, 0.717) is 13.0 Å². The minimum absolute atomic E-state index is 0.0501. The summed E-state index contributed by atoms with van der Waals surface area (Å²) in [5.74, 6) is 0.190. The molecule has 1 aliphatic carbocycles. The van der Waals surface area contributed by atoms with Crippen LogP contribution in [0.1, 0.15) is 49.7 Å². The standard InChI is InChI=1S/C27H33F3N2O2/c28-27(29,30)23-10-7-13-25(15-23)34-19-21-14-22(26(33)31-24-11-5-2-6-12-24)18-32(17-21)16-20-8-3-1-4-9-20/h1,3-4,7-10,13,15,21-22,24H,2,5-6,11-12,14,16-19H2,(H,31,33)/t21-,22+/m0/s1. The lowest BCUT2D eigenvalue weighted by atomic mass is 9.87. The predicted molar refractivity (Wildman–Crippen MR) is 125 cm³/mol. The lowest BCUT2D eigenvalue weighted by Crippen LogP contribution is -2.49. The monoisotopic (exact) mass is 474 g/mol. The minimum Gasteiger partial charge on any atom is -0.493 e. The van der Waals surface area contributed by atoms with Gasteiger partial charge >= 0.3 is 6.18 Å². The number of halogens is 3. The smallest absolute Gasteiger partial charge is 0.416 e. The van der Waals surface area contributed by atoms with Gasteiger partial charge in [0, 0.05) is 31.6 Å². The van der Waals surface area contributed by atoms with Gasteiger partial charge in [-0.2, -0.15) is 13.2 Å². The largest absolute Gasteiger partial charge is 0.493 e. The second-order valence-electron chi connectivity index (χ2n) is 9.66. The Morgan fingerprint density at radius 2 is 1.76 bits per heavy atom. The first-order chi connectivity index (χ1) is 16.4. The summed E-state index contributed by atoms with van der Waals surface area (Å²) in [4.78, 5) is 15.4. The molecule has 1 heterocycles. The van der Waals surface area contributed by atoms with Crippen molar-refractivity contribution in [3.05, 3.63) is 65.7 Å². The van der Waals surface area contributed by atoms with E-state index in [2.05, 4.69) is 22.3 Å². The van der Waals surface area contributed by atoms with Crippen LogP contribution in [-0.4, -0.2) is 36.5 Å². The zero-order valence-corrected chi connectivity index (χ0v) is 19.4. The Balaban J connectivity index is 1.41. The van der Waals surface area contributed by atoms with E-state index < -0.39 is 11.7 Å². The van der Waals surface area contributed by atoms with Crippen molar-refractivity contribution in [2.75, 3.05) is 19.7 Å². The molecule has 0 radical (unpaired) electrons. The maximum absolute atomic E-state index is 13.1. The fourth-order valence-electron chi connectivity index (χ4n) is 5.13. The number of carbonyl (C=O) groups is 1. The van der Waals surface area contributed by atoms with Crippen LogP contribution in [-0.2, 0) is 17.5 Å². The SMILES string of the molecule is O=C(NC1CCCCC1)[C@@H]1C[C@H](COc2cccc(C(F)(F)F)c2)CN(Cc2ccccc2)C1. The molecule has 2 fully saturated rings. The maximum Gasteiger partial charge on any atom is 0.416 e. The fraction of sp³-hybridized carbons (Fsp3) is 0.519. The van der Waals surface area contributed by atoms with Crippen LogP contribution < -0.4 is 10.1 Å². The predicted octanol–water partition coefficient (Wildman–Crippen LogP) is 5.67. The summed E-state index contributed by atoms with van der Waals surface area (Å²) in [6.07, 6.45) is 1.88. The zero-order valence-electron chi connectivity index (χ0n) is 19.4. The van der Waals surface area contributed by atoms with Crippen molar-refractivity contribution in [2.24, 2.45) is 11.8 Å². The van der Waals surface area contributed by atoms with Crippen LogP contribution in [0.4, 0.5) is 13.2 Å². The average molecular weight is 475 g/mol. The summed E-state index contributed by atoms with van der Waals surface area (Å²) in [5.41, 5.74) is 0.456. The summed E-state index contributed by atoms with van der Waals surface area (Å²) in [5, 5.41) is 3.26. The molecule has 2 atom stereocenters. The molecule has 0 spiro atoms. The molecule has 184 valence electrons. The fourth-order valence-corrected chi connectivity index (χ4v) is 5.13. The van der Waals surface area contributed by atoms with E-state index in [1.54, 1.807) is 6.07 Å². The molecule has 34 heavy (non-hydrogen) atoms. The van der Waals surface area contributed by atoms with Crippen LogP contribution in [0.2, 0.25) is 0 Å². The minimum atomic E-state index is -4.40. The van der Waals surface area contributed by atoms with Gasteiger partial charge in [0.2, 0.25) is 5.91 Å². The number of amides is 1. The van der Waals surface area contributed by atoms with Crippen molar-refractivity contribution < 1.29 is 22.7 Å². The van der Waals surface area contributed by atoms with Gasteiger partial charge in [-0.3, -0.25) is 9.69 Å². The molecule has 0 unspecified atom stereocenters. The summed E-state index contributed by atoms with van der Waals surface area (Å²) in [7, 11) is 0. The van der Waals surface area contributed by atoms with Crippen LogP contribution >= 0.6 is 0 Å². The molecule has 1 N–H and O–H groups in total. The highest BCUT2D eigenvalue weighted by molar-refractivity contribution is 5.79. The van der Waals surface area contributed by atoms with Gasteiger partial charge in [0.05, 0.1) is 18.1 Å². The van der Waals surface area contributed by atoms with Gasteiger partial charge < -0.3 is 10.1 Å². The molecule has 2 aromatic rings.